The summed E-state index contributed by atoms with van der Waals surface area (Å²) in [6, 6.07) is 7.85. The third-order valence-corrected chi connectivity index (χ3v) is 3.01. The van der Waals surface area contributed by atoms with Gasteiger partial charge in [0.25, 0.3) is 0 Å². The zero-order chi connectivity index (χ0) is 12.6. The standard InChI is InChI=1S/C14H21NO3/c15-11-12-2-1-3-14(10-12)18-9-8-17-13-4-6-16-7-5-13/h1-3,10,13H,4-9,11,15H2. The van der Waals surface area contributed by atoms with E-state index in [4.69, 9.17) is 19.9 Å². The van der Waals surface area contributed by atoms with Crippen LogP contribution in [0, 0.1) is 0 Å². The highest BCUT2D eigenvalue weighted by molar-refractivity contribution is 5.28. The van der Waals surface area contributed by atoms with Crippen LogP contribution in [0.25, 0.3) is 0 Å². The Balaban J connectivity index is 1.65. The Hall–Kier alpha value is -1.10. The summed E-state index contributed by atoms with van der Waals surface area (Å²) in [5, 5.41) is 0. The summed E-state index contributed by atoms with van der Waals surface area (Å²) in [5.41, 5.74) is 6.66. The van der Waals surface area contributed by atoms with Gasteiger partial charge in [0.15, 0.2) is 0 Å². The van der Waals surface area contributed by atoms with Crippen molar-refractivity contribution in [3.8, 4) is 5.75 Å². The maximum Gasteiger partial charge on any atom is 0.119 e. The summed E-state index contributed by atoms with van der Waals surface area (Å²) in [6.07, 6.45) is 2.31. The first kappa shape index (κ1) is 13.3. The largest absolute Gasteiger partial charge is 0.491 e. The van der Waals surface area contributed by atoms with Crippen LogP contribution < -0.4 is 10.5 Å². The van der Waals surface area contributed by atoms with Crippen molar-refractivity contribution in [3.63, 3.8) is 0 Å². The molecule has 4 heteroatoms. The van der Waals surface area contributed by atoms with Crippen LogP contribution in [0.2, 0.25) is 0 Å². The van der Waals surface area contributed by atoms with Gasteiger partial charge in [-0.3, -0.25) is 0 Å². The molecular formula is C14H21NO3. The second-order valence-corrected chi connectivity index (χ2v) is 4.38. The summed E-state index contributed by atoms with van der Waals surface area (Å²) in [6.45, 7) is 3.35. The lowest BCUT2D eigenvalue weighted by atomic mass is 10.2. The van der Waals surface area contributed by atoms with E-state index in [1.807, 2.05) is 24.3 Å². The number of hydrogen-bond donors (Lipinski definition) is 1. The third-order valence-electron chi connectivity index (χ3n) is 3.01. The SMILES string of the molecule is NCc1cccc(OCCOC2CCOCC2)c1. The van der Waals surface area contributed by atoms with Gasteiger partial charge in [-0.05, 0) is 30.5 Å². The molecule has 0 radical (unpaired) electrons. The Labute approximate surface area is 108 Å². The first-order chi connectivity index (χ1) is 8.88. The average Bonchev–Trinajstić information content (AvgIpc) is 2.45. The van der Waals surface area contributed by atoms with E-state index in [1.165, 1.54) is 0 Å². The normalized spacial score (nSPS) is 16.7. The molecule has 4 nitrogen and oxygen atoms in total. The zero-order valence-electron chi connectivity index (χ0n) is 10.6. The van der Waals surface area contributed by atoms with Crippen LogP contribution in [-0.4, -0.2) is 32.5 Å². The highest BCUT2D eigenvalue weighted by Gasteiger charge is 2.13. The van der Waals surface area contributed by atoms with Gasteiger partial charge in [0, 0.05) is 19.8 Å². The van der Waals surface area contributed by atoms with E-state index >= 15 is 0 Å². The molecule has 1 aromatic rings. The fourth-order valence-corrected chi connectivity index (χ4v) is 1.98. The highest BCUT2D eigenvalue weighted by Crippen LogP contribution is 2.13. The molecule has 1 heterocycles. The fraction of sp³-hybridized carbons (Fsp3) is 0.571. The summed E-state index contributed by atoms with van der Waals surface area (Å²) >= 11 is 0. The summed E-state index contributed by atoms with van der Waals surface area (Å²) in [5.74, 6) is 0.855. The molecule has 1 fully saturated rings. The first-order valence-corrected chi connectivity index (χ1v) is 6.49. The van der Waals surface area contributed by atoms with Gasteiger partial charge in [0.2, 0.25) is 0 Å². The average molecular weight is 251 g/mol. The number of hydrogen-bond acceptors (Lipinski definition) is 4. The van der Waals surface area contributed by atoms with Gasteiger partial charge in [-0.2, -0.15) is 0 Å². The molecule has 18 heavy (non-hydrogen) atoms. The van der Waals surface area contributed by atoms with Gasteiger partial charge in [0.1, 0.15) is 12.4 Å². The van der Waals surface area contributed by atoms with E-state index in [0.717, 1.165) is 37.4 Å². The lowest BCUT2D eigenvalue weighted by Gasteiger charge is -2.22. The van der Waals surface area contributed by atoms with Crippen molar-refractivity contribution in [1.82, 2.24) is 0 Å². The van der Waals surface area contributed by atoms with Crippen LogP contribution in [0.3, 0.4) is 0 Å². The van der Waals surface area contributed by atoms with Crippen LogP contribution in [0.4, 0.5) is 0 Å². The quantitative estimate of drug-likeness (QED) is 0.782. The Kier molecular flexibility index (Phi) is 5.45. The molecule has 0 unspecified atom stereocenters. The molecule has 0 aromatic heterocycles. The molecule has 0 bridgehead atoms. The lowest BCUT2D eigenvalue weighted by Crippen LogP contribution is -2.25. The van der Waals surface area contributed by atoms with Crippen LogP contribution in [0.15, 0.2) is 24.3 Å². The first-order valence-electron chi connectivity index (χ1n) is 6.49. The Morgan fingerprint density at radius 3 is 2.83 bits per heavy atom. The molecule has 0 spiro atoms. The van der Waals surface area contributed by atoms with E-state index in [1.54, 1.807) is 0 Å². The van der Waals surface area contributed by atoms with Crippen LogP contribution in [-0.2, 0) is 16.0 Å². The van der Waals surface area contributed by atoms with E-state index in [9.17, 15) is 0 Å². The molecule has 0 saturated carbocycles. The van der Waals surface area contributed by atoms with Crippen LogP contribution >= 0.6 is 0 Å². The van der Waals surface area contributed by atoms with Gasteiger partial charge >= 0.3 is 0 Å². The molecule has 100 valence electrons. The number of rotatable bonds is 6. The van der Waals surface area contributed by atoms with Crippen LogP contribution in [0.1, 0.15) is 18.4 Å². The topological polar surface area (TPSA) is 53.7 Å². The van der Waals surface area contributed by atoms with Crippen molar-refractivity contribution in [2.24, 2.45) is 5.73 Å². The minimum atomic E-state index is 0.331. The second kappa shape index (κ2) is 7.36. The third kappa shape index (κ3) is 4.29. The number of benzene rings is 1. The molecule has 0 aliphatic carbocycles. The van der Waals surface area contributed by atoms with Gasteiger partial charge < -0.3 is 19.9 Å². The summed E-state index contributed by atoms with van der Waals surface area (Å²) < 4.78 is 16.6. The van der Waals surface area contributed by atoms with Crippen molar-refractivity contribution >= 4 is 0 Å². The van der Waals surface area contributed by atoms with E-state index < -0.39 is 0 Å². The molecule has 1 saturated heterocycles. The zero-order valence-corrected chi connectivity index (χ0v) is 10.6. The molecule has 1 aromatic carbocycles. The van der Waals surface area contributed by atoms with E-state index in [2.05, 4.69) is 0 Å². The van der Waals surface area contributed by atoms with Crippen molar-refractivity contribution < 1.29 is 14.2 Å². The second-order valence-electron chi connectivity index (χ2n) is 4.38. The summed E-state index contributed by atoms with van der Waals surface area (Å²) in [7, 11) is 0. The Bertz CT molecular complexity index is 351. The molecule has 0 amide bonds. The minimum Gasteiger partial charge on any atom is -0.491 e. The minimum absolute atomic E-state index is 0.331. The lowest BCUT2D eigenvalue weighted by molar-refractivity contribution is -0.0388. The smallest absolute Gasteiger partial charge is 0.119 e. The predicted octanol–water partition coefficient (Wildman–Crippen LogP) is 1.72. The van der Waals surface area contributed by atoms with Crippen molar-refractivity contribution in [3.05, 3.63) is 29.8 Å². The van der Waals surface area contributed by atoms with Gasteiger partial charge in [0.05, 0.1) is 12.7 Å². The number of ether oxygens (including phenoxy) is 3. The summed E-state index contributed by atoms with van der Waals surface area (Å²) in [4.78, 5) is 0. The molecule has 2 N–H and O–H groups in total. The predicted molar refractivity (Wildman–Crippen MR) is 69.6 cm³/mol. The maximum absolute atomic E-state index is 5.73. The molecule has 1 aliphatic rings. The monoisotopic (exact) mass is 251 g/mol. The maximum atomic E-state index is 5.73. The fourth-order valence-electron chi connectivity index (χ4n) is 1.98. The van der Waals surface area contributed by atoms with E-state index in [-0.39, 0.29) is 0 Å². The van der Waals surface area contributed by atoms with Crippen molar-refractivity contribution in [2.75, 3.05) is 26.4 Å². The molecular weight excluding hydrogens is 230 g/mol. The van der Waals surface area contributed by atoms with Gasteiger partial charge in [-0.1, -0.05) is 12.1 Å². The van der Waals surface area contributed by atoms with Crippen LogP contribution in [0.5, 0.6) is 5.75 Å². The number of nitrogens with two attached hydrogens (primary N) is 1. The molecule has 2 rings (SSSR count). The van der Waals surface area contributed by atoms with Crippen molar-refractivity contribution in [1.29, 1.82) is 0 Å². The van der Waals surface area contributed by atoms with Crippen molar-refractivity contribution in [2.45, 2.75) is 25.5 Å². The van der Waals surface area contributed by atoms with E-state index in [0.29, 0.717) is 25.9 Å². The molecule has 1 aliphatic heterocycles. The van der Waals surface area contributed by atoms with Gasteiger partial charge in [-0.25, -0.2) is 0 Å². The Morgan fingerprint density at radius 2 is 2.06 bits per heavy atom. The Morgan fingerprint density at radius 1 is 1.22 bits per heavy atom. The highest BCUT2D eigenvalue weighted by atomic mass is 16.5. The van der Waals surface area contributed by atoms with Gasteiger partial charge in [-0.15, -0.1) is 0 Å². The molecule has 0 atom stereocenters.